The second-order valence-electron chi connectivity index (χ2n) is 7.37. The van der Waals surface area contributed by atoms with E-state index in [1.54, 1.807) is 26.0 Å². The fraction of sp³-hybridized carbons (Fsp3) is 0.185. The Kier molecular flexibility index (Phi) is 6.36. The highest BCUT2D eigenvalue weighted by Gasteiger charge is 2.32. The lowest BCUT2D eigenvalue weighted by atomic mass is 9.93. The maximum atomic E-state index is 13.0. The maximum absolute atomic E-state index is 13.0. The van der Waals surface area contributed by atoms with Crippen LogP contribution in [0, 0.1) is 0 Å². The van der Waals surface area contributed by atoms with Crippen molar-refractivity contribution in [2.45, 2.75) is 26.1 Å². The number of fused-ring (bicyclic) bond motifs is 2. The first kappa shape index (κ1) is 21.4. The van der Waals surface area contributed by atoms with Gasteiger partial charge >= 0.3 is 11.9 Å². The summed E-state index contributed by atoms with van der Waals surface area (Å²) in [5.74, 6) is -0.724. The Morgan fingerprint density at radius 3 is 1.94 bits per heavy atom. The van der Waals surface area contributed by atoms with Gasteiger partial charge in [-0.3, -0.25) is 0 Å². The SMILES string of the molecule is CCOC(=O)[C@@H](OC(=O)[C@@H](C)Oc1ccccc1)c1c2ccccc2cc2ccccc12. The average molecular weight is 428 g/mol. The molecule has 4 aromatic carbocycles. The molecule has 0 heterocycles. The average Bonchev–Trinajstić information content (AvgIpc) is 2.82. The Balaban J connectivity index is 1.76. The quantitative estimate of drug-likeness (QED) is 0.283. The van der Waals surface area contributed by atoms with E-state index in [9.17, 15) is 9.59 Å². The van der Waals surface area contributed by atoms with Crippen molar-refractivity contribution in [1.82, 2.24) is 0 Å². The van der Waals surface area contributed by atoms with Crippen LogP contribution in [0.1, 0.15) is 25.5 Å². The van der Waals surface area contributed by atoms with Gasteiger partial charge in [-0.25, -0.2) is 9.59 Å². The summed E-state index contributed by atoms with van der Waals surface area (Å²) >= 11 is 0. The third-order valence-electron chi connectivity index (χ3n) is 5.20. The molecule has 0 aromatic heterocycles. The first-order chi connectivity index (χ1) is 15.6. The van der Waals surface area contributed by atoms with Crippen molar-refractivity contribution < 1.29 is 23.8 Å². The second kappa shape index (κ2) is 9.52. The van der Waals surface area contributed by atoms with Crippen LogP contribution in [0.4, 0.5) is 0 Å². The highest BCUT2D eigenvalue weighted by Crippen LogP contribution is 2.35. The van der Waals surface area contributed by atoms with E-state index >= 15 is 0 Å². The van der Waals surface area contributed by atoms with E-state index in [-0.39, 0.29) is 6.61 Å². The summed E-state index contributed by atoms with van der Waals surface area (Å²) in [6.07, 6.45) is -2.13. The number of rotatable bonds is 7. The highest BCUT2D eigenvalue weighted by atomic mass is 16.6. The van der Waals surface area contributed by atoms with Crippen LogP contribution in [0.25, 0.3) is 21.5 Å². The normalized spacial score (nSPS) is 12.8. The molecule has 0 fully saturated rings. The minimum atomic E-state index is -1.22. The zero-order chi connectivity index (χ0) is 22.5. The number of hydrogen-bond acceptors (Lipinski definition) is 5. The Morgan fingerprint density at radius 1 is 0.781 bits per heavy atom. The first-order valence-electron chi connectivity index (χ1n) is 10.6. The van der Waals surface area contributed by atoms with Gasteiger partial charge in [-0.05, 0) is 53.6 Å². The Labute approximate surface area is 186 Å². The van der Waals surface area contributed by atoms with Gasteiger partial charge < -0.3 is 14.2 Å². The molecule has 0 N–H and O–H groups in total. The minimum absolute atomic E-state index is 0.172. The van der Waals surface area contributed by atoms with Crippen LogP contribution in [0.5, 0.6) is 5.75 Å². The molecule has 0 aliphatic carbocycles. The van der Waals surface area contributed by atoms with Gasteiger partial charge in [0.05, 0.1) is 6.61 Å². The van der Waals surface area contributed by atoms with Gasteiger partial charge in [0.15, 0.2) is 6.10 Å². The smallest absolute Gasteiger partial charge is 0.352 e. The number of carbonyl (C=O) groups is 2. The van der Waals surface area contributed by atoms with Crippen LogP contribution >= 0.6 is 0 Å². The molecule has 5 nitrogen and oxygen atoms in total. The molecule has 5 heteroatoms. The Bertz CT molecular complexity index is 1190. The molecule has 32 heavy (non-hydrogen) atoms. The molecule has 2 atom stereocenters. The van der Waals surface area contributed by atoms with Crippen molar-refractivity contribution in [2.75, 3.05) is 6.61 Å². The largest absolute Gasteiger partial charge is 0.479 e. The predicted molar refractivity (Wildman–Crippen MR) is 123 cm³/mol. The fourth-order valence-electron chi connectivity index (χ4n) is 3.74. The molecule has 0 unspecified atom stereocenters. The molecular formula is C27H24O5. The third kappa shape index (κ3) is 4.42. The van der Waals surface area contributed by atoms with Gasteiger partial charge in [0.25, 0.3) is 0 Å². The van der Waals surface area contributed by atoms with Gasteiger partial charge in [-0.15, -0.1) is 0 Å². The van der Waals surface area contributed by atoms with Crippen molar-refractivity contribution in [3.8, 4) is 5.75 Å². The van der Waals surface area contributed by atoms with Crippen molar-refractivity contribution >= 4 is 33.5 Å². The van der Waals surface area contributed by atoms with Crippen LogP contribution in [0.15, 0.2) is 84.9 Å². The van der Waals surface area contributed by atoms with E-state index in [2.05, 4.69) is 6.07 Å². The standard InChI is InChI=1S/C27H24O5/c1-3-30-27(29)25(32-26(28)18(2)31-21-13-5-4-6-14-21)24-22-15-9-7-11-19(22)17-20-12-8-10-16-23(20)24/h4-18,25H,3H2,1-2H3/t18-,25+/m1/s1. The van der Waals surface area contributed by atoms with Gasteiger partial charge in [-0.2, -0.15) is 0 Å². The molecule has 4 rings (SSSR count). The van der Waals surface area contributed by atoms with E-state index in [1.807, 2.05) is 66.7 Å². The van der Waals surface area contributed by atoms with Gasteiger partial charge in [0, 0.05) is 5.56 Å². The second-order valence-corrected chi connectivity index (χ2v) is 7.37. The van der Waals surface area contributed by atoms with E-state index in [0.717, 1.165) is 21.5 Å². The Morgan fingerprint density at radius 2 is 1.34 bits per heavy atom. The lowest BCUT2D eigenvalue weighted by Crippen LogP contribution is -2.31. The summed E-state index contributed by atoms with van der Waals surface area (Å²) in [5.41, 5.74) is 0.609. The zero-order valence-corrected chi connectivity index (χ0v) is 18.0. The third-order valence-corrected chi connectivity index (χ3v) is 5.20. The molecule has 0 amide bonds. The molecule has 162 valence electrons. The lowest BCUT2D eigenvalue weighted by Gasteiger charge is -2.22. The number of benzene rings is 4. The topological polar surface area (TPSA) is 61.8 Å². The number of ether oxygens (including phenoxy) is 3. The molecule has 0 saturated heterocycles. The Hall–Kier alpha value is -3.86. The number of esters is 2. The van der Waals surface area contributed by atoms with Gasteiger partial charge in [0.1, 0.15) is 5.75 Å². The van der Waals surface area contributed by atoms with Crippen molar-refractivity contribution in [3.63, 3.8) is 0 Å². The minimum Gasteiger partial charge on any atom is -0.479 e. The van der Waals surface area contributed by atoms with Crippen LogP contribution in [-0.4, -0.2) is 24.6 Å². The molecule has 0 aliphatic heterocycles. The summed E-state index contributed by atoms with van der Waals surface area (Å²) in [7, 11) is 0. The van der Waals surface area contributed by atoms with E-state index in [1.165, 1.54) is 0 Å². The van der Waals surface area contributed by atoms with Crippen molar-refractivity contribution in [1.29, 1.82) is 0 Å². The molecule has 0 saturated carbocycles. The number of carbonyl (C=O) groups excluding carboxylic acids is 2. The highest BCUT2D eigenvalue weighted by molar-refractivity contribution is 6.05. The number of para-hydroxylation sites is 1. The van der Waals surface area contributed by atoms with Crippen LogP contribution in [0.2, 0.25) is 0 Å². The molecule has 0 aliphatic rings. The van der Waals surface area contributed by atoms with E-state index in [4.69, 9.17) is 14.2 Å². The molecular weight excluding hydrogens is 404 g/mol. The summed E-state index contributed by atoms with van der Waals surface area (Å²) < 4.78 is 16.8. The molecule has 0 bridgehead atoms. The maximum Gasteiger partial charge on any atom is 0.352 e. The monoisotopic (exact) mass is 428 g/mol. The molecule has 0 radical (unpaired) electrons. The summed E-state index contributed by atoms with van der Waals surface area (Å²) in [5, 5.41) is 3.54. The van der Waals surface area contributed by atoms with Crippen molar-refractivity contribution in [3.05, 3.63) is 90.5 Å². The van der Waals surface area contributed by atoms with Gasteiger partial charge in [0.2, 0.25) is 6.10 Å². The van der Waals surface area contributed by atoms with E-state index < -0.39 is 24.1 Å². The number of hydrogen-bond donors (Lipinski definition) is 0. The summed E-state index contributed by atoms with van der Waals surface area (Å²) in [6.45, 7) is 3.49. The predicted octanol–water partition coefficient (Wildman–Crippen LogP) is 5.61. The van der Waals surface area contributed by atoms with Crippen molar-refractivity contribution in [2.24, 2.45) is 0 Å². The van der Waals surface area contributed by atoms with Crippen LogP contribution in [0.3, 0.4) is 0 Å². The summed E-state index contributed by atoms with van der Waals surface area (Å²) in [4.78, 5) is 26.0. The molecule has 0 spiro atoms. The molecule has 4 aromatic rings. The van der Waals surface area contributed by atoms with Crippen LogP contribution in [-0.2, 0) is 19.1 Å². The zero-order valence-electron chi connectivity index (χ0n) is 18.0. The van der Waals surface area contributed by atoms with Crippen LogP contribution < -0.4 is 4.74 Å². The lowest BCUT2D eigenvalue weighted by molar-refractivity contribution is -0.172. The van der Waals surface area contributed by atoms with E-state index in [0.29, 0.717) is 11.3 Å². The summed E-state index contributed by atoms with van der Waals surface area (Å²) in [6, 6.07) is 26.5. The first-order valence-corrected chi connectivity index (χ1v) is 10.6. The fourth-order valence-corrected chi connectivity index (χ4v) is 3.74. The van der Waals surface area contributed by atoms with Gasteiger partial charge in [-0.1, -0.05) is 66.7 Å².